The molecule has 0 aliphatic carbocycles. The van der Waals surface area contributed by atoms with E-state index in [1.807, 2.05) is 23.2 Å². The Hall–Kier alpha value is -2.93. The van der Waals surface area contributed by atoms with Gasteiger partial charge >= 0.3 is 0 Å². The molecular formula is C20H22FN5O. The summed E-state index contributed by atoms with van der Waals surface area (Å²) in [6.07, 6.45) is 6.32. The zero-order chi connectivity index (χ0) is 19.0. The molecular weight excluding hydrogens is 345 g/mol. The molecule has 4 rings (SSSR count). The monoisotopic (exact) mass is 367 g/mol. The molecule has 1 aromatic carbocycles. The minimum Gasteiger partial charge on any atom is -0.338 e. The quantitative estimate of drug-likeness (QED) is 0.843. The number of likely N-dealkylation sites (tertiary alicyclic amines) is 1. The van der Waals surface area contributed by atoms with Gasteiger partial charge in [0.1, 0.15) is 5.82 Å². The third kappa shape index (κ3) is 3.26. The zero-order valence-electron chi connectivity index (χ0n) is 15.2. The number of amides is 1. The van der Waals surface area contributed by atoms with Crippen molar-refractivity contribution < 1.29 is 9.18 Å². The summed E-state index contributed by atoms with van der Waals surface area (Å²) in [5.74, 6) is -0.167. The molecule has 0 bridgehead atoms. The van der Waals surface area contributed by atoms with Gasteiger partial charge in [-0.25, -0.2) is 14.5 Å². The Balaban J connectivity index is 1.72. The van der Waals surface area contributed by atoms with Crippen LogP contribution < -0.4 is 5.43 Å². The van der Waals surface area contributed by atoms with Gasteiger partial charge in [0.2, 0.25) is 5.91 Å². The molecule has 1 aromatic heterocycles. The third-order valence-corrected chi connectivity index (χ3v) is 5.16. The number of aromatic nitrogens is 2. The lowest BCUT2D eigenvalue weighted by molar-refractivity contribution is -0.125. The van der Waals surface area contributed by atoms with E-state index in [0.717, 1.165) is 35.6 Å². The van der Waals surface area contributed by atoms with Crippen molar-refractivity contribution in [2.24, 2.45) is 0 Å². The molecule has 1 amide bonds. The highest BCUT2D eigenvalue weighted by Gasteiger charge is 2.32. The maximum absolute atomic E-state index is 13.3. The minimum absolute atomic E-state index is 0.0455. The summed E-state index contributed by atoms with van der Waals surface area (Å²) < 4.78 is 15.1. The van der Waals surface area contributed by atoms with Gasteiger partial charge in [0.15, 0.2) is 0 Å². The van der Waals surface area contributed by atoms with Gasteiger partial charge in [-0.3, -0.25) is 4.79 Å². The van der Waals surface area contributed by atoms with Crippen LogP contribution in [0.1, 0.15) is 23.6 Å². The van der Waals surface area contributed by atoms with Gasteiger partial charge < -0.3 is 9.91 Å². The molecule has 2 aliphatic heterocycles. The molecule has 1 fully saturated rings. The van der Waals surface area contributed by atoms with E-state index in [1.165, 1.54) is 18.2 Å². The molecule has 27 heavy (non-hydrogen) atoms. The lowest BCUT2D eigenvalue weighted by atomic mass is 9.99. The maximum Gasteiger partial charge on any atom is 0.245 e. The lowest BCUT2D eigenvalue weighted by Gasteiger charge is -2.18. The Kier molecular flexibility index (Phi) is 4.53. The molecule has 1 saturated heterocycles. The first-order valence-electron chi connectivity index (χ1n) is 9.01. The molecule has 2 aliphatic rings. The SMILES string of the molecule is C=CC(=O)N1CCC(c2nn(-c3ccc(F)cc3)cc2C2=CCNN2C)C1. The molecule has 0 spiro atoms. The smallest absolute Gasteiger partial charge is 0.245 e. The molecule has 2 aromatic rings. The molecule has 7 heteroatoms. The van der Waals surface area contributed by atoms with E-state index >= 15 is 0 Å². The van der Waals surface area contributed by atoms with Crippen molar-refractivity contribution in [3.63, 3.8) is 0 Å². The molecule has 0 saturated carbocycles. The predicted molar refractivity (Wildman–Crippen MR) is 101 cm³/mol. The molecule has 0 radical (unpaired) electrons. The Labute approximate surface area is 157 Å². The Morgan fingerprint density at radius 2 is 2.15 bits per heavy atom. The first-order valence-corrected chi connectivity index (χ1v) is 9.01. The summed E-state index contributed by atoms with van der Waals surface area (Å²) in [6.45, 7) is 5.67. The minimum atomic E-state index is -0.275. The lowest BCUT2D eigenvalue weighted by Crippen LogP contribution is -2.27. The van der Waals surface area contributed by atoms with Crippen molar-refractivity contribution in [1.82, 2.24) is 25.1 Å². The van der Waals surface area contributed by atoms with E-state index in [9.17, 15) is 9.18 Å². The van der Waals surface area contributed by atoms with Crippen molar-refractivity contribution in [2.45, 2.75) is 12.3 Å². The van der Waals surface area contributed by atoms with E-state index in [-0.39, 0.29) is 17.6 Å². The van der Waals surface area contributed by atoms with Crippen LogP contribution in [0.15, 0.2) is 49.2 Å². The number of rotatable bonds is 4. The fourth-order valence-corrected chi connectivity index (χ4v) is 3.72. The summed E-state index contributed by atoms with van der Waals surface area (Å²) in [5.41, 5.74) is 7.11. The number of nitrogens with one attached hydrogen (secondary N) is 1. The highest BCUT2D eigenvalue weighted by atomic mass is 19.1. The van der Waals surface area contributed by atoms with Crippen molar-refractivity contribution >= 4 is 11.6 Å². The summed E-state index contributed by atoms with van der Waals surface area (Å²) in [5, 5.41) is 6.81. The second kappa shape index (κ2) is 7.00. The zero-order valence-corrected chi connectivity index (χ0v) is 15.2. The van der Waals surface area contributed by atoms with Crippen LogP contribution in [0.2, 0.25) is 0 Å². The summed E-state index contributed by atoms with van der Waals surface area (Å²) in [4.78, 5) is 13.8. The van der Waals surface area contributed by atoms with Crippen molar-refractivity contribution in [1.29, 1.82) is 0 Å². The molecule has 1 atom stereocenters. The molecule has 140 valence electrons. The molecule has 1 unspecified atom stereocenters. The van der Waals surface area contributed by atoms with Crippen LogP contribution in [0.5, 0.6) is 0 Å². The summed E-state index contributed by atoms with van der Waals surface area (Å²) >= 11 is 0. The van der Waals surface area contributed by atoms with E-state index in [0.29, 0.717) is 13.1 Å². The van der Waals surface area contributed by atoms with Crippen molar-refractivity contribution in [2.75, 3.05) is 26.7 Å². The largest absolute Gasteiger partial charge is 0.338 e. The highest BCUT2D eigenvalue weighted by molar-refractivity contribution is 5.87. The number of hydrogen-bond acceptors (Lipinski definition) is 4. The van der Waals surface area contributed by atoms with Crippen LogP contribution in [0.25, 0.3) is 11.4 Å². The fraction of sp³-hybridized carbons (Fsp3) is 0.300. The van der Waals surface area contributed by atoms with E-state index in [2.05, 4.69) is 18.1 Å². The average molecular weight is 367 g/mol. The number of carbonyl (C=O) groups excluding carboxylic acids is 1. The van der Waals surface area contributed by atoms with Gasteiger partial charge in [0.25, 0.3) is 0 Å². The van der Waals surface area contributed by atoms with Crippen LogP contribution in [-0.4, -0.2) is 52.3 Å². The first kappa shape index (κ1) is 17.5. The van der Waals surface area contributed by atoms with Gasteiger partial charge in [-0.2, -0.15) is 5.10 Å². The summed E-state index contributed by atoms with van der Waals surface area (Å²) in [7, 11) is 1.97. The second-order valence-corrected chi connectivity index (χ2v) is 6.83. The predicted octanol–water partition coefficient (Wildman–Crippen LogP) is 2.30. The number of hydrogen-bond donors (Lipinski definition) is 1. The number of hydrazine groups is 1. The number of halogens is 1. The first-order chi connectivity index (χ1) is 13.1. The Bertz CT molecular complexity index is 902. The van der Waals surface area contributed by atoms with Gasteiger partial charge in [0.05, 0.1) is 17.1 Å². The van der Waals surface area contributed by atoms with Crippen LogP contribution in [0.4, 0.5) is 4.39 Å². The Morgan fingerprint density at radius 3 is 2.81 bits per heavy atom. The van der Waals surface area contributed by atoms with Crippen LogP contribution in [0.3, 0.4) is 0 Å². The number of nitrogens with zero attached hydrogens (tertiary/aromatic N) is 4. The summed E-state index contributed by atoms with van der Waals surface area (Å²) in [6, 6.07) is 6.28. The van der Waals surface area contributed by atoms with E-state index < -0.39 is 0 Å². The highest BCUT2D eigenvalue weighted by Crippen LogP contribution is 2.34. The van der Waals surface area contributed by atoms with Crippen LogP contribution in [-0.2, 0) is 4.79 Å². The third-order valence-electron chi connectivity index (χ3n) is 5.16. The number of carbonyl (C=O) groups is 1. The number of benzene rings is 1. The van der Waals surface area contributed by atoms with E-state index in [4.69, 9.17) is 5.10 Å². The van der Waals surface area contributed by atoms with Gasteiger partial charge in [-0.1, -0.05) is 6.58 Å². The maximum atomic E-state index is 13.3. The molecule has 3 heterocycles. The Morgan fingerprint density at radius 1 is 1.37 bits per heavy atom. The van der Waals surface area contributed by atoms with Crippen LogP contribution in [0, 0.1) is 5.82 Å². The van der Waals surface area contributed by atoms with Crippen molar-refractivity contribution in [3.8, 4) is 5.69 Å². The van der Waals surface area contributed by atoms with E-state index in [1.54, 1.807) is 16.8 Å². The van der Waals surface area contributed by atoms with Gasteiger partial charge in [-0.15, -0.1) is 0 Å². The van der Waals surface area contributed by atoms with Gasteiger partial charge in [-0.05, 0) is 42.8 Å². The standard InChI is InChI=1S/C20H22FN5O/c1-3-19(27)25-11-9-14(12-25)20-17(18-8-10-22-24(18)2)13-26(23-20)16-6-4-15(21)5-7-16/h3-8,13-14,22H,1,9-12H2,2H3. The topological polar surface area (TPSA) is 53.4 Å². The van der Waals surface area contributed by atoms with Gasteiger partial charge in [0, 0.05) is 44.4 Å². The second-order valence-electron chi connectivity index (χ2n) is 6.83. The molecule has 6 nitrogen and oxygen atoms in total. The van der Waals surface area contributed by atoms with Crippen molar-refractivity contribution in [3.05, 3.63) is 66.3 Å². The molecule has 1 N–H and O–H groups in total. The van der Waals surface area contributed by atoms with Crippen LogP contribution >= 0.6 is 0 Å². The average Bonchev–Trinajstić information content (AvgIpc) is 3.40. The normalized spacial score (nSPS) is 19.5. The fourth-order valence-electron chi connectivity index (χ4n) is 3.72.